The van der Waals surface area contributed by atoms with E-state index in [1.54, 1.807) is 0 Å². The van der Waals surface area contributed by atoms with E-state index in [0.29, 0.717) is 12.8 Å². The van der Waals surface area contributed by atoms with Gasteiger partial charge in [0.2, 0.25) is 5.91 Å². The fourth-order valence-electron chi connectivity index (χ4n) is 3.06. The molecule has 0 fully saturated rings. The monoisotopic (exact) mass is 442 g/mol. The van der Waals surface area contributed by atoms with Crippen LogP contribution in [0.1, 0.15) is 30.4 Å². The molecule has 8 heteroatoms. The molecule has 172 valence electrons. The topological polar surface area (TPSA) is 114 Å². The van der Waals surface area contributed by atoms with E-state index in [-0.39, 0.29) is 19.6 Å². The summed E-state index contributed by atoms with van der Waals surface area (Å²) in [6.07, 6.45) is -0.231. The van der Waals surface area contributed by atoms with Crippen LogP contribution >= 0.6 is 0 Å². The Morgan fingerprint density at radius 3 is 2.22 bits per heavy atom. The van der Waals surface area contributed by atoms with Gasteiger partial charge in [0.15, 0.2) is 0 Å². The summed E-state index contributed by atoms with van der Waals surface area (Å²) in [7, 11) is 1.26. The van der Waals surface area contributed by atoms with E-state index in [1.165, 1.54) is 7.11 Å². The van der Waals surface area contributed by atoms with Crippen LogP contribution in [0.2, 0.25) is 0 Å². The maximum absolute atomic E-state index is 12.2. The third kappa shape index (κ3) is 9.61. The first kappa shape index (κ1) is 24.9. The number of benzene rings is 2. The van der Waals surface area contributed by atoms with Crippen LogP contribution in [0, 0.1) is 0 Å². The van der Waals surface area contributed by atoms with Crippen LogP contribution in [0.4, 0.5) is 4.79 Å². The SMILES string of the molecule is COC(=O)[C@H](CCCc1ccccc1)NC(=O)C[C@H](O)CNC(=O)OCc1ccccc1. The maximum Gasteiger partial charge on any atom is 0.407 e. The molecule has 2 aromatic carbocycles. The lowest BCUT2D eigenvalue weighted by atomic mass is 10.0. The molecule has 2 rings (SSSR count). The zero-order valence-electron chi connectivity index (χ0n) is 18.2. The number of hydrogen-bond acceptors (Lipinski definition) is 6. The summed E-state index contributed by atoms with van der Waals surface area (Å²) >= 11 is 0. The summed E-state index contributed by atoms with van der Waals surface area (Å²) in [6, 6.07) is 18.2. The van der Waals surface area contributed by atoms with E-state index in [9.17, 15) is 19.5 Å². The molecule has 0 aliphatic rings. The van der Waals surface area contributed by atoms with E-state index in [1.807, 2.05) is 60.7 Å². The first-order valence-corrected chi connectivity index (χ1v) is 10.5. The van der Waals surface area contributed by atoms with Crippen LogP contribution in [0.15, 0.2) is 60.7 Å². The van der Waals surface area contributed by atoms with Gasteiger partial charge in [-0.1, -0.05) is 60.7 Å². The minimum atomic E-state index is -1.12. The first-order chi connectivity index (χ1) is 15.5. The van der Waals surface area contributed by atoms with Gasteiger partial charge >= 0.3 is 12.1 Å². The molecule has 3 N–H and O–H groups in total. The van der Waals surface area contributed by atoms with E-state index < -0.39 is 30.1 Å². The zero-order valence-corrected chi connectivity index (χ0v) is 18.2. The number of hydrogen-bond donors (Lipinski definition) is 3. The summed E-state index contributed by atoms with van der Waals surface area (Å²) < 4.78 is 9.83. The molecule has 32 heavy (non-hydrogen) atoms. The van der Waals surface area contributed by atoms with Gasteiger partial charge in [-0.2, -0.15) is 0 Å². The Kier molecular flexibility index (Phi) is 10.7. The van der Waals surface area contributed by atoms with Gasteiger partial charge in [0.1, 0.15) is 12.6 Å². The van der Waals surface area contributed by atoms with Crippen molar-refractivity contribution in [1.29, 1.82) is 0 Å². The molecule has 0 radical (unpaired) electrons. The minimum Gasteiger partial charge on any atom is -0.467 e. The van der Waals surface area contributed by atoms with Crippen LogP contribution in [0.3, 0.4) is 0 Å². The number of carbonyl (C=O) groups excluding carboxylic acids is 3. The molecule has 0 spiro atoms. The largest absolute Gasteiger partial charge is 0.467 e. The van der Waals surface area contributed by atoms with Crippen molar-refractivity contribution in [2.75, 3.05) is 13.7 Å². The molecule has 2 aromatic rings. The Labute approximate surface area is 187 Å². The van der Waals surface area contributed by atoms with Gasteiger partial charge in [-0.15, -0.1) is 0 Å². The van der Waals surface area contributed by atoms with E-state index >= 15 is 0 Å². The average molecular weight is 443 g/mol. The molecule has 0 saturated carbocycles. The van der Waals surface area contributed by atoms with Crippen LogP contribution in [0.5, 0.6) is 0 Å². The summed E-state index contributed by atoms with van der Waals surface area (Å²) in [5, 5.41) is 15.1. The molecule has 0 heterocycles. The molecule has 0 aliphatic carbocycles. The number of ether oxygens (including phenoxy) is 2. The second-order valence-electron chi connectivity index (χ2n) is 7.32. The zero-order chi connectivity index (χ0) is 23.2. The third-order valence-corrected chi connectivity index (χ3v) is 4.74. The Morgan fingerprint density at radius 2 is 1.59 bits per heavy atom. The molecular formula is C24H30N2O6. The lowest BCUT2D eigenvalue weighted by Crippen LogP contribution is -2.43. The predicted molar refractivity (Wildman–Crippen MR) is 119 cm³/mol. The number of amides is 2. The lowest BCUT2D eigenvalue weighted by molar-refractivity contribution is -0.145. The summed E-state index contributed by atoms with van der Waals surface area (Å²) in [6.45, 7) is -0.0506. The van der Waals surface area contributed by atoms with Gasteiger partial charge in [-0.3, -0.25) is 4.79 Å². The number of aliphatic hydroxyl groups excluding tert-OH is 1. The fraction of sp³-hybridized carbons (Fsp3) is 0.375. The van der Waals surface area contributed by atoms with Crippen molar-refractivity contribution in [3.63, 3.8) is 0 Å². The van der Waals surface area contributed by atoms with Crippen molar-refractivity contribution in [2.45, 2.75) is 44.4 Å². The Balaban J connectivity index is 1.69. The lowest BCUT2D eigenvalue weighted by Gasteiger charge is -2.18. The Morgan fingerprint density at radius 1 is 0.969 bits per heavy atom. The summed E-state index contributed by atoms with van der Waals surface area (Å²) in [5.74, 6) is -1.05. The fourth-order valence-corrected chi connectivity index (χ4v) is 3.06. The highest BCUT2D eigenvalue weighted by atomic mass is 16.5. The number of alkyl carbamates (subject to hydrolysis) is 1. The normalized spacial score (nSPS) is 12.3. The van der Waals surface area contributed by atoms with Gasteiger partial charge in [0.05, 0.1) is 19.6 Å². The molecule has 0 bridgehead atoms. The number of methoxy groups -OCH3 is 1. The van der Waals surface area contributed by atoms with Crippen molar-refractivity contribution in [1.82, 2.24) is 10.6 Å². The number of aliphatic hydroxyl groups is 1. The summed E-state index contributed by atoms with van der Waals surface area (Å²) in [4.78, 5) is 36.0. The second-order valence-corrected chi connectivity index (χ2v) is 7.32. The quantitative estimate of drug-likeness (QED) is 0.435. The van der Waals surface area contributed by atoms with Crippen molar-refractivity contribution < 1.29 is 29.0 Å². The molecular weight excluding hydrogens is 412 g/mol. The molecule has 8 nitrogen and oxygen atoms in total. The van der Waals surface area contributed by atoms with E-state index in [4.69, 9.17) is 9.47 Å². The van der Waals surface area contributed by atoms with Gasteiger partial charge in [-0.25, -0.2) is 9.59 Å². The van der Waals surface area contributed by atoms with Crippen molar-refractivity contribution in [3.05, 3.63) is 71.8 Å². The number of rotatable bonds is 12. The molecule has 0 aliphatic heterocycles. The molecule has 2 atom stereocenters. The average Bonchev–Trinajstić information content (AvgIpc) is 2.81. The number of aryl methyl sites for hydroxylation is 1. The third-order valence-electron chi connectivity index (χ3n) is 4.74. The van der Waals surface area contributed by atoms with Crippen LogP contribution in [-0.2, 0) is 32.1 Å². The van der Waals surface area contributed by atoms with Crippen molar-refractivity contribution >= 4 is 18.0 Å². The maximum atomic E-state index is 12.2. The van der Waals surface area contributed by atoms with Gasteiger partial charge < -0.3 is 25.2 Å². The standard InChI is InChI=1S/C24H30N2O6/c1-31-23(29)21(14-8-13-18-9-4-2-5-10-18)26-22(28)15-20(27)16-25-24(30)32-17-19-11-6-3-7-12-19/h2-7,9-12,20-21,27H,8,13-17H2,1H3,(H,25,30)(H,26,28)/t20-,21-/m0/s1. The number of carbonyl (C=O) groups is 3. The van der Waals surface area contributed by atoms with Gasteiger partial charge in [-0.05, 0) is 30.4 Å². The second kappa shape index (κ2) is 13.8. The van der Waals surface area contributed by atoms with Crippen LogP contribution in [-0.4, -0.2) is 48.9 Å². The molecule has 2 amide bonds. The van der Waals surface area contributed by atoms with Gasteiger partial charge in [0.25, 0.3) is 0 Å². The Hall–Kier alpha value is -3.39. The number of nitrogens with one attached hydrogen (secondary N) is 2. The van der Waals surface area contributed by atoms with Crippen LogP contribution in [0.25, 0.3) is 0 Å². The highest BCUT2D eigenvalue weighted by Crippen LogP contribution is 2.08. The van der Waals surface area contributed by atoms with Gasteiger partial charge in [0, 0.05) is 6.54 Å². The Bertz CT molecular complexity index is 844. The highest BCUT2D eigenvalue weighted by Gasteiger charge is 2.22. The van der Waals surface area contributed by atoms with E-state index in [2.05, 4.69) is 10.6 Å². The predicted octanol–water partition coefficient (Wildman–Crippen LogP) is 2.34. The smallest absolute Gasteiger partial charge is 0.407 e. The molecule has 0 saturated heterocycles. The summed E-state index contributed by atoms with van der Waals surface area (Å²) in [5.41, 5.74) is 1.98. The highest BCUT2D eigenvalue weighted by molar-refractivity contribution is 5.84. The van der Waals surface area contributed by atoms with Crippen LogP contribution < -0.4 is 10.6 Å². The van der Waals surface area contributed by atoms with Crippen molar-refractivity contribution in [2.24, 2.45) is 0 Å². The van der Waals surface area contributed by atoms with Crippen molar-refractivity contribution in [3.8, 4) is 0 Å². The first-order valence-electron chi connectivity index (χ1n) is 10.5. The number of esters is 1. The molecule has 0 aromatic heterocycles. The minimum absolute atomic E-state index is 0.104. The molecule has 0 unspecified atom stereocenters. The van der Waals surface area contributed by atoms with E-state index in [0.717, 1.165) is 17.5 Å².